The number of ether oxygens (including phenoxy) is 1. The zero-order valence-electron chi connectivity index (χ0n) is 12.0. The van der Waals surface area contributed by atoms with Crippen LogP contribution in [0, 0.1) is 0 Å². The Morgan fingerprint density at radius 1 is 1.14 bits per heavy atom. The molecule has 0 fully saturated rings. The molecule has 0 spiro atoms. The summed E-state index contributed by atoms with van der Waals surface area (Å²) in [6.07, 6.45) is 1.80. The third-order valence-electron chi connectivity index (χ3n) is 2.73. The second-order valence-corrected chi connectivity index (χ2v) is 6.23. The SMILES string of the molecule is CCCNc1cc(Oc2ccc(Br)cc2Br)nc(CC)n1. The van der Waals surface area contributed by atoms with Crippen LogP contribution in [0.3, 0.4) is 0 Å². The highest BCUT2D eigenvalue weighted by atomic mass is 79.9. The van der Waals surface area contributed by atoms with Gasteiger partial charge in [0.05, 0.1) is 4.47 Å². The number of anilines is 1. The lowest BCUT2D eigenvalue weighted by atomic mass is 10.3. The third-order valence-corrected chi connectivity index (χ3v) is 3.84. The largest absolute Gasteiger partial charge is 0.438 e. The van der Waals surface area contributed by atoms with E-state index in [-0.39, 0.29) is 0 Å². The molecule has 1 aromatic heterocycles. The molecular weight excluding hydrogens is 398 g/mol. The van der Waals surface area contributed by atoms with E-state index in [9.17, 15) is 0 Å². The van der Waals surface area contributed by atoms with Gasteiger partial charge >= 0.3 is 0 Å². The fraction of sp³-hybridized carbons (Fsp3) is 0.333. The van der Waals surface area contributed by atoms with E-state index in [1.54, 1.807) is 0 Å². The van der Waals surface area contributed by atoms with Crippen LogP contribution < -0.4 is 10.1 Å². The second kappa shape index (κ2) is 7.75. The second-order valence-electron chi connectivity index (χ2n) is 4.46. The first-order valence-corrected chi connectivity index (χ1v) is 8.45. The molecule has 6 heteroatoms. The maximum absolute atomic E-state index is 5.87. The van der Waals surface area contributed by atoms with E-state index >= 15 is 0 Å². The number of hydrogen-bond acceptors (Lipinski definition) is 4. The Labute approximate surface area is 141 Å². The van der Waals surface area contributed by atoms with Gasteiger partial charge in [0.1, 0.15) is 17.4 Å². The summed E-state index contributed by atoms with van der Waals surface area (Å²) in [5.41, 5.74) is 0. The molecule has 0 aliphatic carbocycles. The number of aromatic nitrogens is 2. The Hall–Kier alpha value is -1.14. The van der Waals surface area contributed by atoms with Crippen LogP contribution in [0.1, 0.15) is 26.1 Å². The van der Waals surface area contributed by atoms with Crippen molar-refractivity contribution in [3.63, 3.8) is 0 Å². The highest BCUT2D eigenvalue weighted by Crippen LogP contribution is 2.31. The molecule has 0 bridgehead atoms. The van der Waals surface area contributed by atoms with Gasteiger partial charge in [-0.1, -0.05) is 29.8 Å². The van der Waals surface area contributed by atoms with Crippen molar-refractivity contribution >= 4 is 37.7 Å². The normalized spacial score (nSPS) is 10.5. The number of aryl methyl sites for hydroxylation is 1. The predicted molar refractivity (Wildman–Crippen MR) is 92.1 cm³/mol. The number of hydrogen-bond donors (Lipinski definition) is 1. The van der Waals surface area contributed by atoms with Crippen molar-refractivity contribution < 1.29 is 4.74 Å². The van der Waals surface area contributed by atoms with E-state index in [1.807, 2.05) is 31.2 Å². The van der Waals surface area contributed by atoms with Gasteiger partial charge in [-0.2, -0.15) is 4.98 Å². The van der Waals surface area contributed by atoms with Crippen LogP contribution in [0.25, 0.3) is 0 Å². The van der Waals surface area contributed by atoms with Crippen LogP contribution in [-0.2, 0) is 6.42 Å². The van der Waals surface area contributed by atoms with Crippen molar-refractivity contribution in [2.24, 2.45) is 0 Å². The van der Waals surface area contributed by atoms with Gasteiger partial charge in [-0.25, -0.2) is 4.98 Å². The number of rotatable bonds is 6. The first kappa shape index (κ1) is 16.2. The zero-order chi connectivity index (χ0) is 15.2. The van der Waals surface area contributed by atoms with Crippen LogP contribution in [0.5, 0.6) is 11.6 Å². The number of halogens is 2. The van der Waals surface area contributed by atoms with Gasteiger partial charge in [0.15, 0.2) is 0 Å². The maximum Gasteiger partial charge on any atom is 0.224 e. The monoisotopic (exact) mass is 413 g/mol. The van der Waals surface area contributed by atoms with Gasteiger partial charge in [0, 0.05) is 23.5 Å². The first-order chi connectivity index (χ1) is 10.1. The average molecular weight is 415 g/mol. The minimum Gasteiger partial charge on any atom is -0.438 e. The van der Waals surface area contributed by atoms with E-state index in [1.165, 1.54) is 0 Å². The van der Waals surface area contributed by atoms with Crippen LogP contribution in [0.2, 0.25) is 0 Å². The van der Waals surface area contributed by atoms with Crippen molar-refractivity contribution in [3.8, 4) is 11.6 Å². The lowest BCUT2D eigenvalue weighted by Gasteiger charge is -2.11. The highest BCUT2D eigenvalue weighted by Gasteiger charge is 2.08. The number of nitrogens with zero attached hydrogens (tertiary/aromatic N) is 2. The van der Waals surface area contributed by atoms with Crippen molar-refractivity contribution in [1.29, 1.82) is 0 Å². The van der Waals surface area contributed by atoms with Crippen molar-refractivity contribution in [3.05, 3.63) is 39.0 Å². The fourth-order valence-corrected chi connectivity index (χ4v) is 2.83. The first-order valence-electron chi connectivity index (χ1n) is 6.87. The van der Waals surface area contributed by atoms with Crippen molar-refractivity contribution in [2.45, 2.75) is 26.7 Å². The summed E-state index contributed by atoms with van der Waals surface area (Å²) < 4.78 is 7.73. The van der Waals surface area contributed by atoms with Gasteiger partial charge in [-0.05, 0) is 40.5 Å². The van der Waals surface area contributed by atoms with Gasteiger partial charge in [0.2, 0.25) is 5.88 Å². The summed E-state index contributed by atoms with van der Waals surface area (Å²) in [7, 11) is 0. The molecule has 21 heavy (non-hydrogen) atoms. The van der Waals surface area contributed by atoms with Crippen LogP contribution in [-0.4, -0.2) is 16.5 Å². The summed E-state index contributed by atoms with van der Waals surface area (Å²) in [4.78, 5) is 8.86. The Morgan fingerprint density at radius 2 is 1.95 bits per heavy atom. The van der Waals surface area contributed by atoms with Crippen LogP contribution in [0.15, 0.2) is 33.2 Å². The molecule has 0 aliphatic rings. The molecule has 112 valence electrons. The summed E-state index contributed by atoms with van der Waals surface area (Å²) in [6, 6.07) is 7.58. The quantitative estimate of drug-likeness (QED) is 0.707. The Balaban J connectivity index is 2.25. The molecule has 0 aliphatic heterocycles. The zero-order valence-corrected chi connectivity index (χ0v) is 15.2. The van der Waals surface area contributed by atoms with Gasteiger partial charge in [-0.15, -0.1) is 0 Å². The molecule has 1 aromatic carbocycles. The Bertz CT molecular complexity index is 620. The molecule has 0 unspecified atom stereocenters. The van der Waals surface area contributed by atoms with Gasteiger partial charge < -0.3 is 10.1 Å². The van der Waals surface area contributed by atoms with Crippen LogP contribution >= 0.6 is 31.9 Å². The summed E-state index contributed by atoms with van der Waals surface area (Å²) in [5.74, 6) is 2.83. The fourth-order valence-electron chi connectivity index (χ4n) is 1.70. The van der Waals surface area contributed by atoms with E-state index in [4.69, 9.17) is 4.74 Å². The Kier molecular flexibility index (Phi) is 5.99. The predicted octanol–water partition coefficient (Wildman–Crippen LogP) is 5.18. The molecule has 0 amide bonds. The van der Waals surface area contributed by atoms with E-state index in [0.29, 0.717) is 5.88 Å². The molecule has 1 heterocycles. The lowest BCUT2D eigenvalue weighted by Crippen LogP contribution is -2.05. The van der Waals surface area contributed by atoms with Gasteiger partial charge in [-0.3, -0.25) is 0 Å². The lowest BCUT2D eigenvalue weighted by molar-refractivity contribution is 0.456. The van der Waals surface area contributed by atoms with E-state index in [2.05, 4.69) is 54.1 Å². The summed E-state index contributed by atoms with van der Waals surface area (Å²) in [5, 5.41) is 3.27. The minimum atomic E-state index is 0.545. The summed E-state index contributed by atoms with van der Waals surface area (Å²) in [6.45, 7) is 5.02. The standard InChI is InChI=1S/C15H17Br2N3O/c1-3-7-18-14-9-15(20-13(4-2)19-14)21-12-6-5-10(16)8-11(12)17/h5-6,8-9H,3-4,7H2,1-2H3,(H,18,19,20). The Morgan fingerprint density at radius 3 is 2.62 bits per heavy atom. The minimum absolute atomic E-state index is 0.545. The van der Waals surface area contributed by atoms with Crippen molar-refractivity contribution in [1.82, 2.24) is 9.97 Å². The molecule has 4 nitrogen and oxygen atoms in total. The molecule has 1 N–H and O–H groups in total. The summed E-state index contributed by atoms with van der Waals surface area (Å²) >= 11 is 6.91. The molecule has 2 aromatic rings. The maximum atomic E-state index is 5.87. The smallest absolute Gasteiger partial charge is 0.224 e. The third kappa shape index (κ3) is 4.68. The molecule has 2 rings (SSSR count). The molecule has 0 radical (unpaired) electrons. The van der Waals surface area contributed by atoms with Gasteiger partial charge in [0.25, 0.3) is 0 Å². The average Bonchev–Trinajstić information content (AvgIpc) is 2.48. The number of nitrogens with one attached hydrogen (secondary N) is 1. The van der Waals surface area contributed by atoms with Crippen molar-refractivity contribution in [2.75, 3.05) is 11.9 Å². The van der Waals surface area contributed by atoms with E-state index in [0.717, 1.165) is 45.7 Å². The van der Waals surface area contributed by atoms with E-state index < -0.39 is 0 Å². The molecule has 0 saturated carbocycles. The molecule has 0 atom stereocenters. The van der Waals surface area contributed by atoms with Crippen LogP contribution in [0.4, 0.5) is 5.82 Å². The number of benzene rings is 1. The highest BCUT2D eigenvalue weighted by molar-refractivity contribution is 9.11. The molecule has 0 saturated heterocycles. The topological polar surface area (TPSA) is 47.0 Å². The molecular formula is C15H17Br2N3O.